The molecule has 4 heteroatoms. The quantitative estimate of drug-likeness (QED) is 0.396. The van der Waals surface area contributed by atoms with E-state index in [9.17, 15) is 0 Å². The molecule has 0 saturated heterocycles. The Kier molecular flexibility index (Phi) is 6.84. The van der Waals surface area contributed by atoms with Gasteiger partial charge in [-0.1, -0.05) is 51.8 Å². The highest BCUT2D eigenvalue weighted by atomic mass is 79.9. The molecule has 0 amide bonds. The fourth-order valence-corrected chi connectivity index (χ4v) is 2.96. The largest absolute Gasteiger partial charge is 0.493 e. The molecule has 2 rings (SSSR count). The maximum absolute atomic E-state index is 6.40. The number of hydrogen-bond acceptors (Lipinski definition) is 2. The summed E-state index contributed by atoms with van der Waals surface area (Å²) in [5.74, 6) is 1.56. The monoisotopic (exact) mass is 384 g/mol. The number of fused-ring (bicyclic) bond motifs is 1. The maximum atomic E-state index is 6.40. The second-order valence-electron chi connectivity index (χ2n) is 5.50. The minimum atomic E-state index is 0.0805. The lowest BCUT2D eigenvalue weighted by Gasteiger charge is -2.17. The van der Waals surface area contributed by atoms with Crippen molar-refractivity contribution < 1.29 is 9.47 Å². The second kappa shape index (κ2) is 8.64. The van der Waals surface area contributed by atoms with Crippen LogP contribution in [0.4, 0.5) is 0 Å². The zero-order valence-electron chi connectivity index (χ0n) is 13.1. The van der Waals surface area contributed by atoms with Crippen LogP contribution in [0.1, 0.15) is 33.1 Å². The van der Waals surface area contributed by atoms with E-state index in [4.69, 9.17) is 21.1 Å². The third kappa shape index (κ3) is 4.53. The molecule has 0 atom stereocenters. The number of benzene rings is 2. The predicted octanol–water partition coefficient (Wildman–Crippen LogP) is 6.22. The van der Waals surface area contributed by atoms with Crippen molar-refractivity contribution in [3.05, 3.63) is 35.4 Å². The Morgan fingerprint density at radius 2 is 1.82 bits per heavy atom. The van der Waals surface area contributed by atoms with Crippen molar-refractivity contribution in [2.24, 2.45) is 0 Å². The van der Waals surface area contributed by atoms with Crippen LogP contribution >= 0.6 is 27.5 Å². The second-order valence-corrected chi connectivity index (χ2v) is 6.70. The molecule has 0 spiro atoms. The zero-order valence-corrected chi connectivity index (χ0v) is 15.4. The lowest BCUT2D eigenvalue weighted by Crippen LogP contribution is -2.07. The van der Waals surface area contributed by atoms with Gasteiger partial charge in [-0.05, 0) is 33.1 Å². The molecule has 0 heterocycles. The standard InChI is InChI=1S/C18H22BrClO2/c1-13(2)22-18-15-9-5-4-8-14(15)17(12-16(18)20)21-11-7-3-6-10-19/h4-5,8-9,12-13H,3,6-7,10-11H2,1-2H3. The zero-order chi connectivity index (χ0) is 15.9. The molecule has 2 nitrogen and oxygen atoms in total. The van der Waals surface area contributed by atoms with Crippen molar-refractivity contribution in [3.8, 4) is 11.5 Å². The molecule has 0 N–H and O–H groups in total. The molecule has 0 radical (unpaired) electrons. The Labute approximate surface area is 145 Å². The fraction of sp³-hybridized carbons (Fsp3) is 0.444. The first-order valence-electron chi connectivity index (χ1n) is 7.70. The van der Waals surface area contributed by atoms with Crippen LogP contribution in [-0.2, 0) is 0 Å². The SMILES string of the molecule is CC(C)Oc1c(Cl)cc(OCCCCCBr)c2ccccc12. The topological polar surface area (TPSA) is 18.5 Å². The molecule has 2 aromatic rings. The van der Waals surface area contributed by atoms with Crippen LogP contribution in [0.3, 0.4) is 0 Å². The molecule has 0 aliphatic rings. The van der Waals surface area contributed by atoms with Gasteiger partial charge in [0.05, 0.1) is 17.7 Å². The highest BCUT2D eigenvalue weighted by Gasteiger charge is 2.14. The van der Waals surface area contributed by atoms with Gasteiger partial charge in [-0.3, -0.25) is 0 Å². The number of rotatable bonds is 8. The number of halogens is 2. The van der Waals surface area contributed by atoms with Crippen molar-refractivity contribution >= 4 is 38.3 Å². The summed E-state index contributed by atoms with van der Waals surface area (Å²) in [7, 11) is 0. The Balaban J connectivity index is 2.24. The Morgan fingerprint density at radius 1 is 1.09 bits per heavy atom. The van der Waals surface area contributed by atoms with E-state index in [0.29, 0.717) is 11.6 Å². The van der Waals surface area contributed by atoms with E-state index in [2.05, 4.69) is 15.9 Å². The van der Waals surface area contributed by atoms with E-state index in [1.54, 1.807) is 0 Å². The molecule has 0 aliphatic heterocycles. The van der Waals surface area contributed by atoms with Crippen LogP contribution in [0.2, 0.25) is 5.02 Å². The van der Waals surface area contributed by atoms with Gasteiger partial charge in [-0.25, -0.2) is 0 Å². The molecule has 2 aromatic carbocycles. The molecular formula is C18H22BrClO2. The lowest BCUT2D eigenvalue weighted by molar-refractivity contribution is 0.245. The smallest absolute Gasteiger partial charge is 0.146 e. The van der Waals surface area contributed by atoms with Crippen molar-refractivity contribution in [1.82, 2.24) is 0 Å². The molecule has 120 valence electrons. The van der Waals surface area contributed by atoms with Crippen molar-refractivity contribution in [2.75, 3.05) is 11.9 Å². The van der Waals surface area contributed by atoms with E-state index in [-0.39, 0.29) is 6.10 Å². The minimum absolute atomic E-state index is 0.0805. The molecule has 22 heavy (non-hydrogen) atoms. The summed E-state index contributed by atoms with van der Waals surface area (Å²) in [6.07, 6.45) is 3.45. The summed E-state index contributed by atoms with van der Waals surface area (Å²) in [6, 6.07) is 9.94. The Morgan fingerprint density at radius 3 is 2.50 bits per heavy atom. The van der Waals surface area contributed by atoms with Crippen LogP contribution in [0.15, 0.2) is 30.3 Å². The average Bonchev–Trinajstić information content (AvgIpc) is 2.50. The number of hydrogen-bond donors (Lipinski definition) is 0. The summed E-state index contributed by atoms with van der Waals surface area (Å²) >= 11 is 9.85. The predicted molar refractivity (Wildman–Crippen MR) is 97.9 cm³/mol. The van der Waals surface area contributed by atoms with Gasteiger partial charge in [0.15, 0.2) is 0 Å². The number of ether oxygens (including phenoxy) is 2. The lowest BCUT2D eigenvalue weighted by atomic mass is 10.1. The number of alkyl halides is 1. The highest BCUT2D eigenvalue weighted by Crippen LogP contribution is 2.40. The fourth-order valence-electron chi connectivity index (χ4n) is 2.31. The molecule has 0 aliphatic carbocycles. The third-order valence-corrected chi connectivity index (χ3v) is 4.14. The van der Waals surface area contributed by atoms with Crippen LogP contribution in [0.25, 0.3) is 10.8 Å². The average molecular weight is 386 g/mol. The first-order valence-corrected chi connectivity index (χ1v) is 9.20. The van der Waals surface area contributed by atoms with Crippen molar-refractivity contribution in [1.29, 1.82) is 0 Å². The molecule has 0 bridgehead atoms. The van der Waals surface area contributed by atoms with Gasteiger partial charge >= 0.3 is 0 Å². The van der Waals surface area contributed by atoms with E-state index >= 15 is 0 Å². The summed E-state index contributed by atoms with van der Waals surface area (Å²) in [5, 5.41) is 3.69. The highest BCUT2D eigenvalue weighted by molar-refractivity contribution is 9.09. The Bertz CT molecular complexity index is 613. The third-order valence-electron chi connectivity index (χ3n) is 3.30. The van der Waals surface area contributed by atoms with Crippen LogP contribution in [0, 0.1) is 0 Å². The Hall–Kier alpha value is -0.930. The van der Waals surface area contributed by atoms with Gasteiger partial charge in [0, 0.05) is 22.2 Å². The van der Waals surface area contributed by atoms with Crippen molar-refractivity contribution in [3.63, 3.8) is 0 Å². The first kappa shape index (κ1) is 17.4. The van der Waals surface area contributed by atoms with Crippen LogP contribution in [-0.4, -0.2) is 18.0 Å². The van der Waals surface area contributed by atoms with Gasteiger partial charge in [0.25, 0.3) is 0 Å². The van der Waals surface area contributed by atoms with E-state index < -0.39 is 0 Å². The maximum Gasteiger partial charge on any atom is 0.146 e. The van der Waals surface area contributed by atoms with Gasteiger partial charge < -0.3 is 9.47 Å². The van der Waals surface area contributed by atoms with Gasteiger partial charge in [-0.2, -0.15) is 0 Å². The van der Waals surface area contributed by atoms with Gasteiger partial charge in [0.1, 0.15) is 11.5 Å². The van der Waals surface area contributed by atoms with Crippen LogP contribution in [0.5, 0.6) is 11.5 Å². The molecule has 0 saturated carbocycles. The molecule has 0 aromatic heterocycles. The minimum Gasteiger partial charge on any atom is -0.493 e. The first-order chi connectivity index (χ1) is 10.6. The molecule has 0 unspecified atom stereocenters. The van der Waals surface area contributed by atoms with Crippen LogP contribution < -0.4 is 9.47 Å². The van der Waals surface area contributed by atoms with Gasteiger partial charge in [0.2, 0.25) is 0 Å². The molecule has 0 fully saturated rings. The van der Waals surface area contributed by atoms with Crippen molar-refractivity contribution in [2.45, 2.75) is 39.2 Å². The van der Waals surface area contributed by atoms with E-state index in [1.807, 2.05) is 44.2 Å². The normalized spacial score (nSPS) is 11.1. The van der Waals surface area contributed by atoms with E-state index in [0.717, 1.165) is 40.4 Å². The summed E-state index contributed by atoms with van der Waals surface area (Å²) in [4.78, 5) is 0. The van der Waals surface area contributed by atoms with E-state index in [1.165, 1.54) is 6.42 Å². The summed E-state index contributed by atoms with van der Waals surface area (Å²) < 4.78 is 11.8. The summed E-state index contributed by atoms with van der Waals surface area (Å²) in [5.41, 5.74) is 0. The summed E-state index contributed by atoms with van der Waals surface area (Å²) in [6.45, 7) is 4.70. The molecular weight excluding hydrogens is 364 g/mol. The number of unbranched alkanes of at least 4 members (excludes halogenated alkanes) is 2. The van der Waals surface area contributed by atoms with Gasteiger partial charge in [-0.15, -0.1) is 0 Å².